The van der Waals surface area contributed by atoms with Crippen molar-refractivity contribution in [2.75, 3.05) is 26.2 Å². The standard InChI is InChI=1S/C15H21N3O/c19-15-16-14-6-2-1-5-13(14)7-10-18(15)12-11-17-8-3-4-9-17/h1-2,5,7,10,14H,3-4,6,8-9,11-12H2,(H,16,19). The summed E-state index contributed by atoms with van der Waals surface area (Å²) in [6, 6.07) is 0.171. The minimum absolute atomic E-state index is 0.0270. The fourth-order valence-corrected chi connectivity index (χ4v) is 2.87. The summed E-state index contributed by atoms with van der Waals surface area (Å²) in [5, 5.41) is 3.09. The molecular weight excluding hydrogens is 238 g/mol. The zero-order chi connectivity index (χ0) is 13.1. The number of hydrogen-bond acceptors (Lipinski definition) is 2. The van der Waals surface area contributed by atoms with Crippen LogP contribution in [0.1, 0.15) is 19.3 Å². The second-order valence-electron chi connectivity index (χ2n) is 5.39. The van der Waals surface area contributed by atoms with E-state index in [9.17, 15) is 4.79 Å². The van der Waals surface area contributed by atoms with Crippen molar-refractivity contribution in [3.8, 4) is 0 Å². The van der Waals surface area contributed by atoms with Crippen LogP contribution >= 0.6 is 0 Å². The Balaban J connectivity index is 1.61. The molecule has 0 radical (unpaired) electrons. The minimum atomic E-state index is 0.0270. The highest BCUT2D eigenvalue weighted by molar-refractivity contribution is 5.77. The Kier molecular flexibility index (Phi) is 3.69. The van der Waals surface area contributed by atoms with Crippen molar-refractivity contribution in [1.82, 2.24) is 15.1 Å². The fourth-order valence-electron chi connectivity index (χ4n) is 2.87. The third-order valence-electron chi connectivity index (χ3n) is 4.06. The number of allylic oxidation sites excluding steroid dienone is 2. The Hall–Kier alpha value is -1.55. The molecule has 0 aromatic rings. The molecule has 1 aliphatic carbocycles. The van der Waals surface area contributed by atoms with Gasteiger partial charge in [0.05, 0.1) is 6.04 Å². The van der Waals surface area contributed by atoms with E-state index in [0.29, 0.717) is 0 Å². The zero-order valence-corrected chi connectivity index (χ0v) is 11.2. The first-order valence-corrected chi connectivity index (χ1v) is 7.17. The lowest BCUT2D eigenvalue weighted by molar-refractivity contribution is 0.206. The van der Waals surface area contributed by atoms with E-state index in [2.05, 4.69) is 34.5 Å². The molecule has 4 heteroatoms. The lowest BCUT2D eigenvalue weighted by Crippen LogP contribution is -2.43. The molecule has 1 atom stereocenters. The molecule has 0 aromatic heterocycles. The Bertz CT molecular complexity index is 433. The molecule has 2 aliphatic heterocycles. The topological polar surface area (TPSA) is 35.6 Å². The molecule has 0 aromatic carbocycles. The van der Waals surface area contributed by atoms with Crippen LogP contribution in [-0.2, 0) is 0 Å². The third kappa shape index (κ3) is 2.89. The van der Waals surface area contributed by atoms with Gasteiger partial charge in [0.25, 0.3) is 0 Å². The van der Waals surface area contributed by atoms with Gasteiger partial charge in [-0.25, -0.2) is 4.79 Å². The highest BCUT2D eigenvalue weighted by Gasteiger charge is 2.23. The van der Waals surface area contributed by atoms with Gasteiger partial charge in [0.1, 0.15) is 0 Å². The number of likely N-dealkylation sites (tertiary alicyclic amines) is 1. The number of urea groups is 1. The Morgan fingerprint density at radius 3 is 2.95 bits per heavy atom. The van der Waals surface area contributed by atoms with Crippen LogP contribution in [0.5, 0.6) is 0 Å². The predicted octanol–water partition coefficient (Wildman–Crippen LogP) is 1.88. The van der Waals surface area contributed by atoms with Gasteiger partial charge in [-0.15, -0.1) is 0 Å². The van der Waals surface area contributed by atoms with Gasteiger partial charge in [0.2, 0.25) is 0 Å². The van der Waals surface area contributed by atoms with Gasteiger partial charge in [-0.1, -0.05) is 18.2 Å². The molecule has 0 spiro atoms. The summed E-state index contributed by atoms with van der Waals surface area (Å²) in [7, 11) is 0. The molecule has 1 unspecified atom stereocenters. The van der Waals surface area contributed by atoms with Crippen molar-refractivity contribution in [2.24, 2.45) is 0 Å². The maximum Gasteiger partial charge on any atom is 0.321 e. The summed E-state index contributed by atoms with van der Waals surface area (Å²) in [6.07, 6.45) is 13.7. The second-order valence-corrected chi connectivity index (χ2v) is 5.39. The lowest BCUT2D eigenvalue weighted by Gasteiger charge is -2.23. The Morgan fingerprint density at radius 1 is 1.26 bits per heavy atom. The van der Waals surface area contributed by atoms with E-state index in [1.165, 1.54) is 31.5 Å². The van der Waals surface area contributed by atoms with Crippen molar-refractivity contribution in [3.63, 3.8) is 0 Å². The van der Waals surface area contributed by atoms with Gasteiger partial charge in [-0.2, -0.15) is 0 Å². The smallest absolute Gasteiger partial charge is 0.321 e. The monoisotopic (exact) mass is 259 g/mol. The Labute approximate surface area is 114 Å². The van der Waals surface area contributed by atoms with Crippen LogP contribution in [0.15, 0.2) is 36.1 Å². The first kappa shape index (κ1) is 12.5. The van der Waals surface area contributed by atoms with Gasteiger partial charge < -0.3 is 10.2 Å². The van der Waals surface area contributed by atoms with E-state index < -0.39 is 0 Å². The summed E-state index contributed by atoms with van der Waals surface area (Å²) in [4.78, 5) is 16.4. The largest absolute Gasteiger partial charge is 0.331 e. The summed E-state index contributed by atoms with van der Waals surface area (Å²) in [5.74, 6) is 0. The molecule has 1 saturated heterocycles. The van der Waals surface area contributed by atoms with Crippen molar-refractivity contribution >= 4 is 6.03 Å². The molecule has 102 valence electrons. The van der Waals surface area contributed by atoms with E-state index in [0.717, 1.165) is 19.5 Å². The quantitative estimate of drug-likeness (QED) is 0.840. The number of amides is 2. The molecule has 19 heavy (non-hydrogen) atoms. The summed E-state index contributed by atoms with van der Waals surface area (Å²) < 4.78 is 0. The van der Waals surface area contributed by atoms with E-state index >= 15 is 0 Å². The maximum absolute atomic E-state index is 12.2. The Morgan fingerprint density at radius 2 is 2.11 bits per heavy atom. The molecule has 2 heterocycles. The van der Waals surface area contributed by atoms with Gasteiger partial charge >= 0.3 is 6.03 Å². The highest BCUT2D eigenvalue weighted by Crippen LogP contribution is 2.18. The van der Waals surface area contributed by atoms with Gasteiger partial charge in [-0.3, -0.25) is 4.90 Å². The number of carbonyl (C=O) groups is 1. The first-order valence-electron chi connectivity index (χ1n) is 7.17. The molecule has 3 aliphatic rings. The maximum atomic E-state index is 12.2. The molecule has 3 rings (SSSR count). The second kappa shape index (κ2) is 5.61. The third-order valence-corrected chi connectivity index (χ3v) is 4.06. The summed E-state index contributed by atoms with van der Waals surface area (Å²) in [5.41, 5.74) is 1.19. The van der Waals surface area contributed by atoms with Crippen LogP contribution < -0.4 is 5.32 Å². The number of carbonyl (C=O) groups excluding carboxylic acids is 1. The molecular formula is C15H21N3O. The van der Waals surface area contributed by atoms with Crippen molar-refractivity contribution in [3.05, 3.63) is 36.1 Å². The molecule has 0 saturated carbocycles. The zero-order valence-electron chi connectivity index (χ0n) is 11.2. The van der Waals surface area contributed by atoms with Crippen LogP contribution in [0.2, 0.25) is 0 Å². The van der Waals surface area contributed by atoms with Crippen molar-refractivity contribution < 1.29 is 4.79 Å². The molecule has 1 fully saturated rings. The van der Waals surface area contributed by atoms with Gasteiger partial charge in [-0.05, 0) is 44.0 Å². The average molecular weight is 259 g/mol. The van der Waals surface area contributed by atoms with E-state index in [1.54, 1.807) is 4.90 Å². The van der Waals surface area contributed by atoms with Gasteiger partial charge in [0.15, 0.2) is 0 Å². The highest BCUT2D eigenvalue weighted by atomic mass is 16.2. The van der Waals surface area contributed by atoms with Crippen LogP contribution in [0.3, 0.4) is 0 Å². The number of fused-ring (bicyclic) bond motifs is 1. The summed E-state index contributed by atoms with van der Waals surface area (Å²) in [6.45, 7) is 4.10. The van der Waals surface area contributed by atoms with E-state index in [1.807, 2.05) is 6.20 Å². The fraction of sp³-hybridized carbons (Fsp3) is 0.533. The van der Waals surface area contributed by atoms with Crippen LogP contribution in [0, 0.1) is 0 Å². The van der Waals surface area contributed by atoms with Gasteiger partial charge in [0, 0.05) is 19.3 Å². The normalized spacial score (nSPS) is 26.9. The molecule has 1 N–H and O–H groups in total. The molecule has 2 amide bonds. The van der Waals surface area contributed by atoms with E-state index in [-0.39, 0.29) is 12.1 Å². The van der Waals surface area contributed by atoms with E-state index in [4.69, 9.17) is 0 Å². The number of nitrogens with one attached hydrogen (secondary N) is 1. The molecule has 4 nitrogen and oxygen atoms in total. The number of rotatable bonds is 3. The van der Waals surface area contributed by atoms with Crippen molar-refractivity contribution in [2.45, 2.75) is 25.3 Å². The minimum Gasteiger partial charge on any atom is -0.331 e. The average Bonchev–Trinajstić information content (AvgIpc) is 2.88. The van der Waals surface area contributed by atoms with Crippen LogP contribution in [-0.4, -0.2) is 48.1 Å². The lowest BCUT2D eigenvalue weighted by atomic mass is 9.99. The molecule has 0 bridgehead atoms. The predicted molar refractivity (Wildman–Crippen MR) is 75.7 cm³/mol. The number of nitrogens with zero attached hydrogens (tertiary/aromatic N) is 2. The van der Waals surface area contributed by atoms with Crippen LogP contribution in [0.4, 0.5) is 4.79 Å². The SMILES string of the molecule is O=C1NC2CC=CC=C2C=CN1CCN1CCCC1. The summed E-state index contributed by atoms with van der Waals surface area (Å²) >= 11 is 0. The van der Waals surface area contributed by atoms with Crippen molar-refractivity contribution in [1.29, 1.82) is 0 Å². The first-order chi connectivity index (χ1) is 9.33. The van der Waals surface area contributed by atoms with Crippen LogP contribution in [0.25, 0.3) is 0 Å². The number of hydrogen-bond donors (Lipinski definition) is 1.